The Hall–Kier alpha value is -1.85. The van der Waals surface area contributed by atoms with E-state index in [0.717, 1.165) is 0 Å². The molecule has 0 atom stereocenters. The normalized spacial score (nSPS) is 11.2. The Morgan fingerprint density at radius 2 is 1.88 bits per heavy atom. The van der Waals surface area contributed by atoms with Crippen molar-refractivity contribution in [1.29, 1.82) is 0 Å². The predicted octanol–water partition coefficient (Wildman–Crippen LogP) is 0.351. The van der Waals surface area contributed by atoms with E-state index in [9.17, 15) is 4.79 Å². The molecule has 0 radical (unpaired) electrons. The summed E-state index contributed by atoms with van der Waals surface area (Å²) in [4.78, 5) is 19.4. The van der Waals surface area contributed by atoms with E-state index in [-0.39, 0.29) is 0 Å². The van der Waals surface area contributed by atoms with Crippen LogP contribution in [0.4, 0.5) is 11.6 Å². The van der Waals surface area contributed by atoms with E-state index in [1.165, 1.54) is 0 Å². The van der Waals surface area contributed by atoms with E-state index < -0.39 is 11.4 Å². The summed E-state index contributed by atoms with van der Waals surface area (Å²) in [7, 11) is 0. The van der Waals surface area contributed by atoms with Crippen LogP contribution in [0.1, 0.15) is 25.2 Å². The zero-order valence-electron chi connectivity index (χ0n) is 9.96. The Kier molecular flexibility index (Phi) is 3.02. The van der Waals surface area contributed by atoms with Gasteiger partial charge in [0.1, 0.15) is 23.0 Å². The molecule has 0 saturated heterocycles. The quantitative estimate of drug-likeness (QED) is 0.685. The van der Waals surface area contributed by atoms with Gasteiger partial charge in [0.05, 0.1) is 0 Å². The number of hydrogen-bond acceptors (Lipinski definition) is 5. The van der Waals surface area contributed by atoms with Gasteiger partial charge in [0.2, 0.25) is 5.91 Å². The first-order valence-corrected chi connectivity index (χ1v) is 4.93. The SMILES string of the molecule is Cc1nc(N)c(C)c(NC(C)(C)C(N)=O)n1. The molecule has 0 unspecified atom stereocenters. The number of amides is 1. The number of anilines is 2. The van der Waals surface area contributed by atoms with Gasteiger partial charge < -0.3 is 16.8 Å². The van der Waals surface area contributed by atoms with Crippen molar-refractivity contribution in [3.8, 4) is 0 Å². The Bertz CT molecular complexity index is 427. The van der Waals surface area contributed by atoms with Crippen LogP contribution in [0.25, 0.3) is 0 Å². The van der Waals surface area contributed by atoms with Gasteiger partial charge in [-0.2, -0.15) is 0 Å². The van der Waals surface area contributed by atoms with Gasteiger partial charge in [-0.3, -0.25) is 4.79 Å². The van der Waals surface area contributed by atoms with Gasteiger partial charge in [0.15, 0.2) is 0 Å². The standard InChI is InChI=1S/C10H17N5O/c1-5-7(11)13-6(2)14-8(5)15-10(3,4)9(12)16/h1-4H3,(H2,12,16)(H3,11,13,14,15). The van der Waals surface area contributed by atoms with Crippen molar-refractivity contribution in [2.75, 3.05) is 11.1 Å². The summed E-state index contributed by atoms with van der Waals surface area (Å²) in [6.07, 6.45) is 0. The Morgan fingerprint density at radius 3 is 2.38 bits per heavy atom. The van der Waals surface area contributed by atoms with Crippen molar-refractivity contribution in [3.63, 3.8) is 0 Å². The fraction of sp³-hybridized carbons (Fsp3) is 0.500. The van der Waals surface area contributed by atoms with Gasteiger partial charge in [0, 0.05) is 5.56 Å². The van der Waals surface area contributed by atoms with Crippen molar-refractivity contribution in [3.05, 3.63) is 11.4 Å². The lowest BCUT2D eigenvalue weighted by molar-refractivity contribution is -0.121. The number of nitrogens with zero attached hydrogens (tertiary/aromatic N) is 2. The Balaban J connectivity index is 3.11. The van der Waals surface area contributed by atoms with E-state index in [1.54, 1.807) is 27.7 Å². The van der Waals surface area contributed by atoms with Gasteiger partial charge in [-0.15, -0.1) is 0 Å². The summed E-state index contributed by atoms with van der Waals surface area (Å²) in [6, 6.07) is 0. The van der Waals surface area contributed by atoms with Crippen molar-refractivity contribution < 1.29 is 4.79 Å². The number of nitrogens with two attached hydrogens (primary N) is 2. The van der Waals surface area contributed by atoms with Gasteiger partial charge in [-0.25, -0.2) is 9.97 Å². The molecule has 6 nitrogen and oxygen atoms in total. The van der Waals surface area contributed by atoms with Crippen LogP contribution in [0, 0.1) is 13.8 Å². The first-order valence-electron chi connectivity index (χ1n) is 4.93. The number of carbonyl (C=O) groups is 1. The zero-order chi connectivity index (χ0) is 12.5. The fourth-order valence-corrected chi connectivity index (χ4v) is 1.13. The maximum absolute atomic E-state index is 11.2. The average molecular weight is 223 g/mol. The average Bonchev–Trinajstić information content (AvgIpc) is 2.12. The topological polar surface area (TPSA) is 107 Å². The van der Waals surface area contributed by atoms with Crippen LogP contribution < -0.4 is 16.8 Å². The lowest BCUT2D eigenvalue weighted by Crippen LogP contribution is -2.45. The molecule has 1 heterocycles. The summed E-state index contributed by atoms with van der Waals surface area (Å²) >= 11 is 0. The number of aromatic nitrogens is 2. The molecular weight excluding hydrogens is 206 g/mol. The third-order valence-electron chi connectivity index (χ3n) is 2.34. The molecule has 0 fully saturated rings. The number of hydrogen-bond donors (Lipinski definition) is 3. The first kappa shape index (κ1) is 12.2. The number of rotatable bonds is 3. The van der Waals surface area contributed by atoms with Crippen LogP contribution in [0.15, 0.2) is 0 Å². The minimum Gasteiger partial charge on any atom is -0.383 e. The Labute approximate surface area is 94.5 Å². The molecule has 5 N–H and O–H groups in total. The highest BCUT2D eigenvalue weighted by Crippen LogP contribution is 2.20. The van der Waals surface area contributed by atoms with E-state index in [2.05, 4.69) is 15.3 Å². The highest BCUT2D eigenvalue weighted by molar-refractivity contribution is 5.87. The van der Waals surface area contributed by atoms with Crippen LogP contribution in [0.3, 0.4) is 0 Å². The third kappa shape index (κ3) is 2.39. The van der Waals surface area contributed by atoms with Crippen molar-refractivity contribution in [2.24, 2.45) is 5.73 Å². The molecule has 88 valence electrons. The molecule has 16 heavy (non-hydrogen) atoms. The molecule has 0 bridgehead atoms. The van der Waals surface area contributed by atoms with Gasteiger partial charge >= 0.3 is 0 Å². The van der Waals surface area contributed by atoms with E-state index in [4.69, 9.17) is 11.5 Å². The van der Waals surface area contributed by atoms with E-state index in [1.807, 2.05) is 0 Å². The summed E-state index contributed by atoms with van der Waals surface area (Å²) in [5.41, 5.74) is 10.8. The minimum atomic E-state index is -0.877. The summed E-state index contributed by atoms with van der Waals surface area (Å²) in [5.74, 6) is 1.02. The molecule has 0 aliphatic heterocycles. The molecule has 1 aromatic rings. The second kappa shape index (κ2) is 3.96. The monoisotopic (exact) mass is 223 g/mol. The lowest BCUT2D eigenvalue weighted by Gasteiger charge is -2.24. The molecule has 6 heteroatoms. The largest absolute Gasteiger partial charge is 0.383 e. The third-order valence-corrected chi connectivity index (χ3v) is 2.34. The van der Waals surface area contributed by atoms with Crippen molar-refractivity contribution in [1.82, 2.24) is 9.97 Å². The summed E-state index contributed by atoms with van der Waals surface area (Å²) in [5, 5.41) is 2.96. The van der Waals surface area contributed by atoms with Crippen molar-refractivity contribution in [2.45, 2.75) is 33.2 Å². The number of nitrogen functional groups attached to an aromatic ring is 1. The molecule has 1 amide bonds. The van der Waals surface area contributed by atoms with Crippen LogP contribution in [0.2, 0.25) is 0 Å². The molecule has 1 aromatic heterocycles. The summed E-state index contributed by atoms with van der Waals surface area (Å²) < 4.78 is 0. The maximum Gasteiger partial charge on any atom is 0.242 e. The molecule has 0 aliphatic rings. The van der Waals surface area contributed by atoms with E-state index in [0.29, 0.717) is 23.0 Å². The van der Waals surface area contributed by atoms with Crippen LogP contribution in [-0.4, -0.2) is 21.4 Å². The number of carbonyl (C=O) groups excluding carboxylic acids is 1. The molecule has 0 aliphatic carbocycles. The smallest absolute Gasteiger partial charge is 0.242 e. The molecule has 0 spiro atoms. The number of aryl methyl sites for hydroxylation is 1. The second-order valence-electron chi connectivity index (χ2n) is 4.24. The zero-order valence-corrected chi connectivity index (χ0v) is 9.96. The fourth-order valence-electron chi connectivity index (χ4n) is 1.13. The molecule has 0 saturated carbocycles. The molecular formula is C10H17N5O. The van der Waals surface area contributed by atoms with E-state index >= 15 is 0 Å². The lowest BCUT2D eigenvalue weighted by atomic mass is 10.0. The van der Waals surface area contributed by atoms with Crippen LogP contribution in [-0.2, 0) is 4.79 Å². The van der Waals surface area contributed by atoms with Crippen LogP contribution >= 0.6 is 0 Å². The van der Waals surface area contributed by atoms with Crippen LogP contribution in [0.5, 0.6) is 0 Å². The van der Waals surface area contributed by atoms with Crippen molar-refractivity contribution >= 4 is 17.5 Å². The number of primary amides is 1. The Morgan fingerprint density at radius 1 is 1.31 bits per heavy atom. The minimum absolute atomic E-state index is 0.398. The highest BCUT2D eigenvalue weighted by Gasteiger charge is 2.26. The molecule has 0 aromatic carbocycles. The number of nitrogens with one attached hydrogen (secondary N) is 1. The van der Waals surface area contributed by atoms with Gasteiger partial charge in [-0.1, -0.05) is 0 Å². The van der Waals surface area contributed by atoms with Gasteiger partial charge in [-0.05, 0) is 27.7 Å². The first-order chi connectivity index (χ1) is 7.24. The molecule has 1 rings (SSSR count). The maximum atomic E-state index is 11.2. The second-order valence-corrected chi connectivity index (χ2v) is 4.24. The highest BCUT2D eigenvalue weighted by atomic mass is 16.1. The summed E-state index contributed by atoms with van der Waals surface area (Å²) in [6.45, 7) is 6.89. The predicted molar refractivity (Wildman–Crippen MR) is 62.8 cm³/mol. The van der Waals surface area contributed by atoms with Gasteiger partial charge in [0.25, 0.3) is 0 Å².